The van der Waals surface area contributed by atoms with Gasteiger partial charge in [0, 0.05) is 32.1 Å². The Morgan fingerprint density at radius 1 is 1.37 bits per heavy atom. The lowest BCUT2D eigenvalue weighted by Crippen LogP contribution is -2.53. The van der Waals surface area contributed by atoms with Crippen molar-refractivity contribution in [3.8, 4) is 0 Å². The maximum absolute atomic E-state index is 13.9. The van der Waals surface area contributed by atoms with Crippen molar-refractivity contribution in [1.29, 1.82) is 0 Å². The van der Waals surface area contributed by atoms with Gasteiger partial charge in [-0.05, 0) is 51.4 Å². The van der Waals surface area contributed by atoms with Crippen LogP contribution in [0.1, 0.15) is 45.1 Å². The van der Waals surface area contributed by atoms with Crippen LogP contribution in [0.25, 0.3) is 0 Å². The van der Waals surface area contributed by atoms with E-state index in [2.05, 4.69) is 24.2 Å². The molecular formula is C21H34FN3O2. The first kappa shape index (κ1) is 21.6. The zero-order valence-electron chi connectivity index (χ0n) is 16.9. The zero-order chi connectivity index (χ0) is 19.9. The monoisotopic (exact) mass is 379 g/mol. The van der Waals surface area contributed by atoms with Gasteiger partial charge in [-0.2, -0.15) is 0 Å². The molecule has 152 valence electrons. The Morgan fingerprint density at radius 3 is 2.67 bits per heavy atom. The van der Waals surface area contributed by atoms with Crippen molar-refractivity contribution in [3.05, 3.63) is 35.6 Å². The van der Waals surface area contributed by atoms with Gasteiger partial charge >= 0.3 is 6.03 Å². The lowest BCUT2D eigenvalue weighted by molar-refractivity contribution is -0.0124. The topological polar surface area (TPSA) is 55.8 Å². The van der Waals surface area contributed by atoms with E-state index in [4.69, 9.17) is 0 Å². The van der Waals surface area contributed by atoms with Crippen molar-refractivity contribution >= 4 is 6.03 Å². The van der Waals surface area contributed by atoms with Crippen LogP contribution in [0.15, 0.2) is 24.3 Å². The second-order valence-corrected chi connectivity index (χ2v) is 7.95. The molecule has 1 aliphatic heterocycles. The number of piperidine rings is 1. The summed E-state index contributed by atoms with van der Waals surface area (Å²) in [5.74, 6) is -0.285. The number of benzene rings is 1. The smallest absolute Gasteiger partial charge is 0.317 e. The molecule has 1 fully saturated rings. The van der Waals surface area contributed by atoms with Gasteiger partial charge in [0.15, 0.2) is 0 Å². The number of aliphatic hydroxyl groups is 1. The number of likely N-dealkylation sites (tertiary alicyclic amines) is 1. The van der Waals surface area contributed by atoms with E-state index in [1.807, 2.05) is 6.92 Å². The highest BCUT2D eigenvalue weighted by atomic mass is 19.1. The van der Waals surface area contributed by atoms with E-state index in [-0.39, 0.29) is 24.3 Å². The van der Waals surface area contributed by atoms with Crippen molar-refractivity contribution in [2.45, 2.75) is 57.6 Å². The molecule has 1 aliphatic rings. The number of rotatable bonds is 8. The van der Waals surface area contributed by atoms with Gasteiger partial charge in [0.25, 0.3) is 0 Å². The van der Waals surface area contributed by atoms with E-state index in [1.54, 1.807) is 23.1 Å². The van der Waals surface area contributed by atoms with E-state index in [1.165, 1.54) is 6.07 Å². The summed E-state index contributed by atoms with van der Waals surface area (Å²) >= 11 is 0. The molecule has 1 aromatic rings. The number of amides is 2. The summed E-state index contributed by atoms with van der Waals surface area (Å²) in [7, 11) is 2.07. The molecule has 6 heteroatoms. The van der Waals surface area contributed by atoms with Crippen LogP contribution in [-0.4, -0.2) is 65.8 Å². The summed E-state index contributed by atoms with van der Waals surface area (Å²) in [6, 6.07) is 6.54. The molecule has 1 aromatic carbocycles. The van der Waals surface area contributed by atoms with Crippen LogP contribution in [0.3, 0.4) is 0 Å². The lowest BCUT2D eigenvalue weighted by Gasteiger charge is -2.38. The fourth-order valence-corrected chi connectivity index (χ4v) is 3.63. The summed E-state index contributed by atoms with van der Waals surface area (Å²) in [4.78, 5) is 16.5. The Bertz CT molecular complexity index is 603. The summed E-state index contributed by atoms with van der Waals surface area (Å²) < 4.78 is 13.9. The standard InChI is InChI=1S/C21H34FN3O2/c1-4-5-12-24(3)16-17(2)23-20(26)25-13-10-21(27,11-14-25)15-18-8-6-7-9-19(18)22/h6-9,17,27H,4-5,10-16H2,1-3H3,(H,23,26)/t17-/m0/s1. The second kappa shape index (κ2) is 10.0. The van der Waals surface area contributed by atoms with Gasteiger partial charge < -0.3 is 20.2 Å². The van der Waals surface area contributed by atoms with Crippen LogP contribution >= 0.6 is 0 Å². The van der Waals surface area contributed by atoms with Gasteiger partial charge in [-0.25, -0.2) is 9.18 Å². The van der Waals surface area contributed by atoms with Gasteiger partial charge in [-0.3, -0.25) is 0 Å². The highest BCUT2D eigenvalue weighted by Crippen LogP contribution is 2.27. The maximum Gasteiger partial charge on any atom is 0.317 e. The van der Waals surface area contributed by atoms with E-state index in [9.17, 15) is 14.3 Å². The van der Waals surface area contributed by atoms with Crippen LogP contribution < -0.4 is 5.32 Å². The number of carbonyl (C=O) groups excluding carboxylic acids is 1. The summed E-state index contributed by atoms with van der Waals surface area (Å²) in [6.45, 7) is 6.99. The highest BCUT2D eigenvalue weighted by Gasteiger charge is 2.34. The number of nitrogens with one attached hydrogen (secondary N) is 1. The molecule has 0 spiro atoms. The third-order valence-corrected chi connectivity index (χ3v) is 5.31. The van der Waals surface area contributed by atoms with Crippen molar-refractivity contribution in [1.82, 2.24) is 15.1 Å². The third-order valence-electron chi connectivity index (χ3n) is 5.31. The summed E-state index contributed by atoms with van der Waals surface area (Å²) in [5.41, 5.74) is -0.424. The number of halogens is 1. The minimum atomic E-state index is -0.953. The first-order valence-corrected chi connectivity index (χ1v) is 10.0. The molecule has 1 saturated heterocycles. The van der Waals surface area contributed by atoms with Crippen LogP contribution in [-0.2, 0) is 6.42 Å². The molecule has 0 bridgehead atoms. The molecule has 2 amide bonds. The maximum atomic E-state index is 13.9. The first-order chi connectivity index (χ1) is 12.8. The van der Waals surface area contributed by atoms with Gasteiger partial charge in [0.1, 0.15) is 5.82 Å². The van der Waals surface area contributed by atoms with Gasteiger partial charge in [0.2, 0.25) is 0 Å². The zero-order valence-corrected chi connectivity index (χ0v) is 16.9. The molecule has 2 N–H and O–H groups in total. The Hall–Kier alpha value is -1.66. The van der Waals surface area contributed by atoms with Gasteiger partial charge in [-0.15, -0.1) is 0 Å². The van der Waals surface area contributed by atoms with Crippen LogP contribution in [0.5, 0.6) is 0 Å². The molecule has 2 rings (SSSR count). The molecule has 27 heavy (non-hydrogen) atoms. The molecule has 0 saturated carbocycles. The number of carbonyl (C=O) groups is 1. The number of urea groups is 1. The van der Waals surface area contributed by atoms with Crippen LogP contribution in [0.2, 0.25) is 0 Å². The van der Waals surface area contributed by atoms with E-state index < -0.39 is 5.60 Å². The number of likely N-dealkylation sites (N-methyl/N-ethyl adjacent to an activating group) is 1. The average molecular weight is 380 g/mol. The molecule has 5 nitrogen and oxygen atoms in total. The fraction of sp³-hybridized carbons (Fsp3) is 0.667. The Morgan fingerprint density at radius 2 is 2.04 bits per heavy atom. The van der Waals surface area contributed by atoms with E-state index in [0.717, 1.165) is 25.9 Å². The van der Waals surface area contributed by atoms with Crippen molar-refractivity contribution in [2.75, 3.05) is 33.2 Å². The Balaban J connectivity index is 1.78. The third kappa shape index (κ3) is 6.78. The number of hydrogen-bond acceptors (Lipinski definition) is 3. The molecule has 1 atom stereocenters. The number of unbranched alkanes of at least 4 members (excludes halogenated alkanes) is 1. The SMILES string of the molecule is CCCCN(C)C[C@H](C)NC(=O)N1CCC(O)(Cc2ccccc2F)CC1. The van der Waals surface area contributed by atoms with E-state index >= 15 is 0 Å². The van der Waals surface area contributed by atoms with Gasteiger partial charge in [-0.1, -0.05) is 31.5 Å². The quantitative estimate of drug-likeness (QED) is 0.730. The minimum absolute atomic E-state index is 0.0681. The van der Waals surface area contributed by atoms with Crippen molar-refractivity contribution in [3.63, 3.8) is 0 Å². The first-order valence-electron chi connectivity index (χ1n) is 10.0. The van der Waals surface area contributed by atoms with Crippen molar-refractivity contribution < 1.29 is 14.3 Å². The Kier molecular flexibility index (Phi) is 8.05. The number of hydrogen-bond donors (Lipinski definition) is 2. The second-order valence-electron chi connectivity index (χ2n) is 7.95. The highest BCUT2D eigenvalue weighted by molar-refractivity contribution is 5.74. The fourth-order valence-electron chi connectivity index (χ4n) is 3.63. The molecule has 0 aliphatic carbocycles. The van der Waals surface area contributed by atoms with E-state index in [0.29, 0.717) is 31.5 Å². The number of nitrogens with zero attached hydrogens (tertiary/aromatic N) is 2. The minimum Gasteiger partial charge on any atom is -0.389 e. The lowest BCUT2D eigenvalue weighted by atomic mass is 9.85. The summed E-state index contributed by atoms with van der Waals surface area (Å²) in [6.07, 6.45) is 3.52. The molecular weight excluding hydrogens is 345 g/mol. The predicted octanol–water partition coefficient (Wildman–Crippen LogP) is 3.03. The normalized spacial score (nSPS) is 17.8. The molecule has 0 unspecified atom stereocenters. The van der Waals surface area contributed by atoms with Crippen molar-refractivity contribution in [2.24, 2.45) is 0 Å². The van der Waals surface area contributed by atoms with Gasteiger partial charge in [0.05, 0.1) is 5.60 Å². The molecule has 0 radical (unpaired) electrons. The Labute approximate surface area is 162 Å². The predicted molar refractivity (Wildman–Crippen MR) is 106 cm³/mol. The average Bonchev–Trinajstić information content (AvgIpc) is 2.62. The molecule has 0 aromatic heterocycles. The van der Waals surface area contributed by atoms with Crippen LogP contribution in [0.4, 0.5) is 9.18 Å². The summed E-state index contributed by atoms with van der Waals surface area (Å²) in [5, 5.41) is 13.8. The van der Waals surface area contributed by atoms with Crippen LogP contribution in [0, 0.1) is 5.82 Å². The molecule has 1 heterocycles. The largest absolute Gasteiger partial charge is 0.389 e.